The van der Waals surface area contributed by atoms with Crippen LogP contribution in [0.15, 0.2) is 17.5 Å². The lowest BCUT2D eigenvalue weighted by atomic mass is 9.67. The predicted octanol–water partition coefficient (Wildman–Crippen LogP) is -0.0574. The highest BCUT2D eigenvalue weighted by Crippen LogP contribution is 2.41. The van der Waals surface area contributed by atoms with Gasteiger partial charge >= 0.3 is 0 Å². The lowest BCUT2D eigenvalue weighted by molar-refractivity contribution is -0.131. The van der Waals surface area contributed by atoms with Gasteiger partial charge in [-0.05, 0) is 12.8 Å². The summed E-state index contributed by atoms with van der Waals surface area (Å²) < 4.78 is 0. The van der Waals surface area contributed by atoms with Crippen LogP contribution in [-0.2, 0) is 11.3 Å². The van der Waals surface area contributed by atoms with Crippen LogP contribution in [0, 0.1) is 5.41 Å². The number of aromatic nitrogens is 2. The fourth-order valence-corrected chi connectivity index (χ4v) is 1.95. The maximum absolute atomic E-state index is 12.0. The number of hydrogen-bond acceptors (Lipinski definition) is 4. The number of amides is 1. The Balaban J connectivity index is 1.99. The van der Waals surface area contributed by atoms with Crippen molar-refractivity contribution in [3.05, 3.63) is 18.2 Å². The third-order valence-electron chi connectivity index (χ3n) is 3.21. The van der Waals surface area contributed by atoms with Crippen LogP contribution in [0.5, 0.6) is 0 Å². The summed E-state index contributed by atoms with van der Waals surface area (Å²) in [4.78, 5) is 18.9. The molecule has 1 aliphatic carbocycles. The first-order valence-corrected chi connectivity index (χ1v) is 5.43. The van der Waals surface area contributed by atoms with Crippen LogP contribution in [0.25, 0.3) is 0 Å². The van der Waals surface area contributed by atoms with Crippen LogP contribution in [0.4, 0.5) is 0 Å². The molecule has 5 N–H and O–H groups in total. The summed E-state index contributed by atoms with van der Waals surface area (Å²) in [5.41, 5.74) is 4.75. The van der Waals surface area contributed by atoms with Crippen molar-refractivity contribution in [3.63, 3.8) is 0 Å². The van der Waals surface area contributed by atoms with Gasteiger partial charge in [-0.2, -0.15) is 0 Å². The van der Waals surface area contributed by atoms with E-state index in [-0.39, 0.29) is 11.7 Å². The zero-order valence-electron chi connectivity index (χ0n) is 9.31. The largest absolute Gasteiger partial charge is 0.409 e. The van der Waals surface area contributed by atoms with Gasteiger partial charge in [0.15, 0.2) is 5.84 Å². The quantitative estimate of drug-likeness (QED) is 0.254. The maximum Gasteiger partial charge on any atom is 0.234 e. The Morgan fingerprint density at radius 2 is 2.47 bits per heavy atom. The van der Waals surface area contributed by atoms with Crippen molar-refractivity contribution in [1.82, 2.24) is 15.3 Å². The fraction of sp³-hybridized carbons (Fsp3) is 0.500. The smallest absolute Gasteiger partial charge is 0.234 e. The molecule has 0 unspecified atom stereocenters. The molecular formula is C10H15N5O2. The molecule has 0 atom stereocenters. The molecule has 92 valence electrons. The van der Waals surface area contributed by atoms with E-state index >= 15 is 0 Å². The second-order valence-corrected chi connectivity index (χ2v) is 4.14. The molecule has 0 saturated heterocycles. The molecule has 7 heteroatoms. The molecule has 0 bridgehead atoms. The second-order valence-electron chi connectivity index (χ2n) is 4.14. The Labute approximate surface area is 98.1 Å². The average molecular weight is 237 g/mol. The van der Waals surface area contributed by atoms with Crippen molar-refractivity contribution >= 4 is 11.7 Å². The van der Waals surface area contributed by atoms with Crippen LogP contribution in [0.1, 0.15) is 25.1 Å². The summed E-state index contributed by atoms with van der Waals surface area (Å²) in [6.07, 6.45) is 5.44. The number of amidine groups is 1. The summed E-state index contributed by atoms with van der Waals surface area (Å²) in [5.74, 6) is 0.448. The minimum atomic E-state index is -0.832. The van der Waals surface area contributed by atoms with E-state index in [4.69, 9.17) is 10.9 Å². The van der Waals surface area contributed by atoms with E-state index in [1.165, 1.54) is 0 Å². The summed E-state index contributed by atoms with van der Waals surface area (Å²) >= 11 is 0. The lowest BCUT2D eigenvalue weighted by Gasteiger charge is -2.38. The normalized spacial score (nSPS) is 18.5. The second kappa shape index (κ2) is 4.44. The zero-order chi connectivity index (χ0) is 12.3. The molecule has 1 fully saturated rings. The van der Waals surface area contributed by atoms with Crippen LogP contribution >= 0.6 is 0 Å². The first-order chi connectivity index (χ1) is 8.19. The van der Waals surface area contributed by atoms with E-state index in [0.29, 0.717) is 25.2 Å². The molecule has 0 aromatic carbocycles. The first kappa shape index (κ1) is 11.4. The minimum absolute atomic E-state index is 0.0132. The van der Waals surface area contributed by atoms with E-state index < -0.39 is 5.41 Å². The molecule has 1 amide bonds. The number of hydrogen-bond donors (Lipinski definition) is 4. The van der Waals surface area contributed by atoms with Crippen molar-refractivity contribution < 1.29 is 10.0 Å². The molecule has 17 heavy (non-hydrogen) atoms. The van der Waals surface area contributed by atoms with Crippen molar-refractivity contribution in [2.45, 2.75) is 25.8 Å². The predicted molar refractivity (Wildman–Crippen MR) is 60.1 cm³/mol. The maximum atomic E-state index is 12.0. The Morgan fingerprint density at radius 3 is 2.94 bits per heavy atom. The number of carbonyl (C=O) groups excluding carboxylic acids is 1. The van der Waals surface area contributed by atoms with E-state index in [1.54, 1.807) is 12.4 Å². The molecule has 1 aromatic heterocycles. The number of aromatic amines is 1. The minimum Gasteiger partial charge on any atom is -0.409 e. The summed E-state index contributed by atoms with van der Waals surface area (Å²) in [6.45, 7) is 0.312. The van der Waals surface area contributed by atoms with Crippen LogP contribution in [-0.4, -0.2) is 26.9 Å². The highest BCUT2D eigenvalue weighted by molar-refractivity contribution is 6.07. The Hall–Kier alpha value is -2.05. The summed E-state index contributed by atoms with van der Waals surface area (Å²) in [5, 5.41) is 14.4. The van der Waals surface area contributed by atoms with Crippen molar-refractivity contribution in [2.75, 3.05) is 0 Å². The molecule has 0 spiro atoms. The van der Waals surface area contributed by atoms with Gasteiger partial charge in [0.1, 0.15) is 11.2 Å². The summed E-state index contributed by atoms with van der Waals surface area (Å²) in [6, 6.07) is 0. The average Bonchev–Trinajstić information content (AvgIpc) is 2.77. The molecule has 1 heterocycles. The number of rotatable bonds is 4. The standard InChI is InChI=1S/C10H15N5O2/c11-8(15-17)10(2-1-3-10)9(16)14-6-7-12-4-5-13-7/h4-5,17H,1-3,6H2,(H2,11,15)(H,12,13)(H,14,16). The van der Waals surface area contributed by atoms with Crippen LogP contribution in [0.3, 0.4) is 0 Å². The van der Waals surface area contributed by atoms with Crippen LogP contribution in [0.2, 0.25) is 0 Å². The van der Waals surface area contributed by atoms with Gasteiger partial charge in [-0.25, -0.2) is 4.98 Å². The van der Waals surface area contributed by atoms with Crippen molar-refractivity contribution in [2.24, 2.45) is 16.3 Å². The number of oxime groups is 1. The molecule has 1 aliphatic rings. The van der Waals surface area contributed by atoms with Crippen molar-refractivity contribution in [1.29, 1.82) is 0 Å². The van der Waals surface area contributed by atoms with Gasteiger partial charge in [0.2, 0.25) is 5.91 Å². The van der Waals surface area contributed by atoms with E-state index in [1.807, 2.05) is 0 Å². The van der Waals surface area contributed by atoms with E-state index in [0.717, 1.165) is 6.42 Å². The van der Waals surface area contributed by atoms with Gasteiger partial charge in [0.05, 0.1) is 6.54 Å². The van der Waals surface area contributed by atoms with Gasteiger partial charge in [-0.15, -0.1) is 0 Å². The highest BCUT2D eigenvalue weighted by atomic mass is 16.4. The number of nitrogens with one attached hydrogen (secondary N) is 2. The molecule has 0 aliphatic heterocycles. The van der Waals surface area contributed by atoms with Gasteiger partial charge < -0.3 is 21.2 Å². The number of nitrogens with two attached hydrogens (primary N) is 1. The lowest BCUT2D eigenvalue weighted by Crippen LogP contribution is -2.53. The molecule has 1 saturated carbocycles. The number of imidazole rings is 1. The van der Waals surface area contributed by atoms with E-state index in [2.05, 4.69) is 20.4 Å². The van der Waals surface area contributed by atoms with E-state index in [9.17, 15) is 4.79 Å². The Bertz CT molecular complexity index is 422. The number of nitrogens with zero attached hydrogens (tertiary/aromatic N) is 2. The summed E-state index contributed by atoms with van der Waals surface area (Å²) in [7, 11) is 0. The molecule has 2 rings (SSSR count). The van der Waals surface area contributed by atoms with Crippen molar-refractivity contribution in [3.8, 4) is 0 Å². The van der Waals surface area contributed by atoms with Gasteiger partial charge in [0, 0.05) is 12.4 Å². The third-order valence-corrected chi connectivity index (χ3v) is 3.21. The number of H-pyrrole nitrogens is 1. The molecular weight excluding hydrogens is 222 g/mol. The zero-order valence-corrected chi connectivity index (χ0v) is 9.31. The first-order valence-electron chi connectivity index (χ1n) is 5.43. The number of carbonyl (C=O) groups is 1. The topological polar surface area (TPSA) is 116 Å². The monoisotopic (exact) mass is 237 g/mol. The van der Waals surface area contributed by atoms with Gasteiger partial charge in [-0.1, -0.05) is 11.6 Å². The highest BCUT2D eigenvalue weighted by Gasteiger charge is 2.48. The fourth-order valence-electron chi connectivity index (χ4n) is 1.95. The van der Waals surface area contributed by atoms with Gasteiger partial charge in [0.25, 0.3) is 0 Å². The Kier molecular flexibility index (Phi) is 2.99. The SMILES string of the molecule is N/C(=N/O)C1(C(=O)NCc2ncc[nH]2)CCC1. The molecule has 0 radical (unpaired) electrons. The molecule has 7 nitrogen and oxygen atoms in total. The third kappa shape index (κ3) is 1.95. The Morgan fingerprint density at radius 1 is 1.71 bits per heavy atom. The van der Waals surface area contributed by atoms with Crippen LogP contribution < -0.4 is 11.1 Å². The molecule has 1 aromatic rings. The van der Waals surface area contributed by atoms with Gasteiger partial charge in [-0.3, -0.25) is 4.79 Å².